The maximum absolute atomic E-state index is 13.5. The fourth-order valence-electron chi connectivity index (χ4n) is 1.40. The summed E-state index contributed by atoms with van der Waals surface area (Å²) < 4.78 is 57.5. The molecule has 114 valence electrons. The van der Waals surface area contributed by atoms with Gasteiger partial charge < -0.3 is 10.5 Å². The number of anilines is 1. The normalized spacial score (nSPS) is 12.1. The Morgan fingerprint density at radius 2 is 1.95 bits per heavy atom. The number of benzene rings is 1. The average Bonchev–Trinajstić information content (AvgIpc) is 2.32. The molecule has 0 atom stereocenters. The Hall–Kier alpha value is -1.25. The molecule has 0 aromatic heterocycles. The van der Waals surface area contributed by atoms with Gasteiger partial charge in [-0.25, -0.2) is 21.9 Å². The lowest BCUT2D eigenvalue weighted by Crippen LogP contribution is -2.28. The number of ether oxygens (including phenoxy) is 1. The molecule has 5 nitrogen and oxygen atoms in total. The van der Waals surface area contributed by atoms with Crippen LogP contribution < -0.4 is 10.5 Å². The second kappa shape index (κ2) is 6.96. The van der Waals surface area contributed by atoms with Gasteiger partial charge in [-0.3, -0.25) is 0 Å². The Morgan fingerprint density at radius 3 is 2.55 bits per heavy atom. The molecular weight excluding hydrogens is 290 g/mol. The van der Waals surface area contributed by atoms with E-state index in [0.717, 1.165) is 6.07 Å². The molecule has 0 aliphatic rings. The third kappa shape index (κ3) is 4.69. The number of nitrogens with two attached hydrogens (primary N) is 1. The van der Waals surface area contributed by atoms with Gasteiger partial charge in [-0.15, -0.1) is 0 Å². The zero-order valence-corrected chi connectivity index (χ0v) is 12.1. The van der Waals surface area contributed by atoms with E-state index < -0.39 is 32.2 Å². The lowest BCUT2D eigenvalue weighted by Gasteiger charge is -2.10. The second-order valence-electron chi connectivity index (χ2n) is 4.67. The van der Waals surface area contributed by atoms with Crippen LogP contribution in [0.25, 0.3) is 0 Å². The molecule has 0 amide bonds. The van der Waals surface area contributed by atoms with Crippen LogP contribution in [0.3, 0.4) is 0 Å². The van der Waals surface area contributed by atoms with Crippen LogP contribution in [0.2, 0.25) is 0 Å². The van der Waals surface area contributed by atoms with E-state index in [1.807, 2.05) is 13.8 Å². The monoisotopic (exact) mass is 308 g/mol. The quantitative estimate of drug-likeness (QED) is 0.591. The van der Waals surface area contributed by atoms with Crippen molar-refractivity contribution in [2.75, 3.05) is 25.5 Å². The van der Waals surface area contributed by atoms with Crippen LogP contribution in [-0.2, 0) is 14.8 Å². The molecular formula is C12H18F2N2O3S. The third-order valence-corrected chi connectivity index (χ3v) is 3.81. The van der Waals surface area contributed by atoms with Crippen LogP contribution in [0, 0.1) is 17.6 Å². The van der Waals surface area contributed by atoms with Crippen molar-refractivity contribution < 1.29 is 21.9 Å². The Bertz CT molecular complexity index is 562. The number of sulfonamides is 1. The topological polar surface area (TPSA) is 81.4 Å². The molecule has 0 spiro atoms. The number of nitrogens with one attached hydrogen (secondary N) is 1. The molecule has 0 bridgehead atoms. The summed E-state index contributed by atoms with van der Waals surface area (Å²) >= 11 is 0. The van der Waals surface area contributed by atoms with Crippen LogP contribution in [0.1, 0.15) is 13.8 Å². The number of hydrogen-bond acceptors (Lipinski definition) is 4. The second-order valence-corrected chi connectivity index (χ2v) is 6.41. The zero-order chi connectivity index (χ0) is 15.3. The predicted molar refractivity (Wildman–Crippen MR) is 71.6 cm³/mol. The molecule has 3 N–H and O–H groups in total. The molecule has 20 heavy (non-hydrogen) atoms. The van der Waals surface area contributed by atoms with Crippen LogP contribution in [0.15, 0.2) is 17.0 Å². The highest BCUT2D eigenvalue weighted by Gasteiger charge is 2.20. The van der Waals surface area contributed by atoms with Crippen LogP contribution in [0.4, 0.5) is 14.5 Å². The fraction of sp³-hybridized carbons (Fsp3) is 0.500. The van der Waals surface area contributed by atoms with Crippen molar-refractivity contribution in [1.29, 1.82) is 0 Å². The molecule has 1 rings (SSSR count). The Morgan fingerprint density at radius 1 is 1.30 bits per heavy atom. The summed E-state index contributed by atoms with van der Waals surface area (Å²) in [6, 6.07) is 1.20. The zero-order valence-electron chi connectivity index (χ0n) is 11.3. The molecule has 0 saturated carbocycles. The average molecular weight is 308 g/mol. The molecule has 0 radical (unpaired) electrons. The number of hydrogen-bond donors (Lipinski definition) is 2. The Balaban J connectivity index is 2.68. The van der Waals surface area contributed by atoms with Gasteiger partial charge in [-0.05, 0) is 12.0 Å². The summed E-state index contributed by atoms with van der Waals surface area (Å²) in [7, 11) is -4.08. The van der Waals surface area contributed by atoms with E-state index in [2.05, 4.69) is 4.72 Å². The Kier molecular flexibility index (Phi) is 5.85. The van der Waals surface area contributed by atoms with E-state index in [9.17, 15) is 17.2 Å². The Labute approximate surface area is 117 Å². The molecule has 8 heteroatoms. The van der Waals surface area contributed by atoms with E-state index in [-0.39, 0.29) is 13.2 Å². The predicted octanol–water partition coefficient (Wildman–Crippen LogP) is 1.50. The smallest absolute Gasteiger partial charge is 0.243 e. The SMILES string of the molecule is CC(C)COCCNS(=O)(=O)c1cc(N)c(F)cc1F. The van der Waals surface area contributed by atoms with Gasteiger partial charge in [0.25, 0.3) is 0 Å². The van der Waals surface area contributed by atoms with Gasteiger partial charge >= 0.3 is 0 Å². The molecule has 0 aliphatic heterocycles. The standard InChI is InChI=1S/C12H18F2N2O3S/c1-8(2)7-19-4-3-16-20(17,18)12-6-11(15)9(13)5-10(12)14/h5-6,8,16H,3-4,7,15H2,1-2H3. The van der Waals surface area contributed by atoms with Crippen molar-refractivity contribution >= 4 is 15.7 Å². The van der Waals surface area contributed by atoms with Gasteiger partial charge in [0.1, 0.15) is 16.5 Å². The van der Waals surface area contributed by atoms with Gasteiger partial charge in [0.2, 0.25) is 10.0 Å². The van der Waals surface area contributed by atoms with Gasteiger partial charge in [0, 0.05) is 19.2 Å². The lowest BCUT2D eigenvalue weighted by molar-refractivity contribution is 0.114. The van der Waals surface area contributed by atoms with E-state index in [1.54, 1.807) is 0 Å². The molecule has 1 aromatic rings. The maximum atomic E-state index is 13.5. The fourth-order valence-corrected chi connectivity index (χ4v) is 2.50. The summed E-state index contributed by atoms with van der Waals surface area (Å²) in [4.78, 5) is -0.680. The number of halogens is 2. The van der Waals surface area contributed by atoms with Crippen LogP contribution in [0.5, 0.6) is 0 Å². The number of nitrogen functional groups attached to an aromatic ring is 1. The van der Waals surface area contributed by atoms with Gasteiger partial charge in [-0.2, -0.15) is 0 Å². The summed E-state index contributed by atoms with van der Waals surface area (Å²) in [6.45, 7) is 4.57. The highest BCUT2D eigenvalue weighted by Crippen LogP contribution is 2.20. The van der Waals surface area contributed by atoms with Crippen molar-refractivity contribution in [3.05, 3.63) is 23.8 Å². The highest BCUT2D eigenvalue weighted by molar-refractivity contribution is 7.89. The number of rotatable bonds is 7. The molecule has 1 aromatic carbocycles. The van der Waals surface area contributed by atoms with Crippen molar-refractivity contribution in [2.24, 2.45) is 5.92 Å². The van der Waals surface area contributed by atoms with Gasteiger partial charge in [0.15, 0.2) is 0 Å². The van der Waals surface area contributed by atoms with E-state index in [0.29, 0.717) is 18.6 Å². The lowest BCUT2D eigenvalue weighted by atomic mass is 10.2. The van der Waals surface area contributed by atoms with E-state index in [1.165, 1.54) is 0 Å². The van der Waals surface area contributed by atoms with Crippen LogP contribution in [-0.4, -0.2) is 28.2 Å². The van der Waals surface area contributed by atoms with E-state index in [4.69, 9.17) is 10.5 Å². The molecule has 0 fully saturated rings. The first-order chi connectivity index (χ1) is 9.24. The summed E-state index contributed by atoms with van der Waals surface area (Å²) in [5.41, 5.74) is 4.81. The molecule has 0 unspecified atom stereocenters. The summed E-state index contributed by atoms with van der Waals surface area (Å²) in [5.74, 6) is -1.85. The first-order valence-electron chi connectivity index (χ1n) is 6.06. The van der Waals surface area contributed by atoms with E-state index >= 15 is 0 Å². The molecule has 0 saturated heterocycles. The van der Waals surface area contributed by atoms with Gasteiger partial charge in [-0.1, -0.05) is 13.8 Å². The third-order valence-electron chi connectivity index (χ3n) is 2.33. The minimum atomic E-state index is -4.08. The van der Waals surface area contributed by atoms with Crippen molar-refractivity contribution in [2.45, 2.75) is 18.7 Å². The largest absolute Gasteiger partial charge is 0.396 e. The van der Waals surface area contributed by atoms with Crippen LogP contribution >= 0.6 is 0 Å². The first-order valence-corrected chi connectivity index (χ1v) is 7.54. The van der Waals surface area contributed by atoms with Gasteiger partial charge in [0.05, 0.1) is 12.3 Å². The maximum Gasteiger partial charge on any atom is 0.243 e. The summed E-state index contributed by atoms with van der Waals surface area (Å²) in [5, 5.41) is 0. The summed E-state index contributed by atoms with van der Waals surface area (Å²) in [6.07, 6.45) is 0. The minimum absolute atomic E-state index is 0.00816. The molecule has 0 aliphatic carbocycles. The molecule has 0 heterocycles. The van der Waals surface area contributed by atoms with Crippen molar-refractivity contribution in [3.8, 4) is 0 Å². The minimum Gasteiger partial charge on any atom is -0.396 e. The first kappa shape index (κ1) is 16.8. The van der Waals surface area contributed by atoms with Crippen molar-refractivity contribution in [3.63, 3.8) is 0 Å². The van der Waals surface area contributed by atoms with Crippen molar-refractivity contribution in [1.82, 2.24) is 4.72 Å². The highest BCUT2D eigenvalue weighted by atomic mass is 32.2.